The molecule has 0 fully saturated rings. The maximum absolute atomic E-state index is 5.98. The highest BCUT2D eigenvalue weighted by atomic mass is 79.9. The summed E-state index contributed by atoms with van der Waals surface area (Å²) in [5, 5.41) is 1.99. The second-order valence-corrected chi connectivity index (χ2v) is 5.85. The van der Waals surface area contributed by atoms with E-state index < -0.39 is 0 Å². The highest BCUT2D eigenvalue weighted by Gasteiger charge is 2.08. The molecule has 1 nitrogen and oxygen atoms in total. The highest BCUT2D eigenvalue weighted by Crippen LogP contribution is 2.35. The van der Waals surface area contributed by atoms with Gasteiger partial charge in [-0.05, 0) is 46.3 Å². The molecule has 94 valence electrons. The van der Waals surface area contributed by atoms with Crippen LogP contribution in [0, 0.1) is 0 Å². The fourth-order valence-corrected chi connectivity index (χ4v) is 2.80. The SMILES string of the molecule is Clc1ccc(Oc2cc(Cl)ccc2CBr)c(Br)c1. The number of ether oxygens (including phenoxy) is 1. The molecule has 0 bridgehead atoms. The van der Waals surface area contributed by atoms with E-state index in [2.05, 4.69) is 31.9 Å². The summed E-state index contributed by atoms with van der Waals surface area (Å²) in [6.45, 7) is 0. The predicted molar refractivity (Wildman–Crippen MR) is 83.3 cm³/mol. The van der Waals surface area contributed by atoms with Gasteiger partial charge in [0.2, 0.25) is 0 Å². The zero-order valence-corrected chi connectivity index (χ0v) is 13.8. The first kappa shape index (κ1) is 14.2. The standard InChI is InChI=1S/C13H8Br2Cl2O/c14-7-8-1-2-10(17)6-13(8)18-12-4-3-9(16)5-11(12)15/h1-6H,7H2. The molecule has 2 aromatic carbocycles. The molecule has 0 aliphatic rings. The van der Waals surface area contributed by atoms with Crippen LogP contribution in [0.25, 0.3) is 0 Å². The maximum atomic E-state index is 5.98. The molecule has 5 heteroatoms. The number of alkyl halides is 1. The Bertz CT molecular complexity index is 573. The smallest absolute Gasteiger partial charge is 0.141 e. The van der Waals surface area contributed by atoms with Gasteiger partial charge in [0.15, 0.2) is 0 Å². The Morgan fingerprint density at radius 2 is 1.61 bits per heavy atom. The van der Waals surface area contributed by atoms with E-state index >= 15 is 0 Å². The molecule has 0 N–H and O–H groups in total. The molecule has 0 atom stereocenters. The van der Waals surface area contributed by atoms with Crippen LogP contribution < -0.4 is 4.74 Å². The van der Waals surface area contributed by atoms with Crippen LogP contribution in [0.3, 0.4) is 0 Å². The number of rotatable bonds is 3. The van der Waals surface area contributed by atoms with Crippen molar-refractivity contribution < 1.29 is 4.74 Å². The first-order chi connectivity index (χ1) is 8.60. The first-order valence-corrected chi connectivity index (χ1v) is 7.74. The van der Waals surface area contributed by atoms with E-state index in [0.29, 0.717) is 21.1 Å². The molecule has 0 aliphatic carbocycles. The molecule has 2 aromatic rings. The van der Waals surface area contributed by atoms with E-state index in [1.165, 1.54) is 0 Å². The number of benzene rings is 2. The second kappa shape index (κ2) is 6.29. The molecule has 0 saturated carbocycles. The molecular weight excluding hydrogens is 403 g/mol. The van der Waals surface area contributed by atoms with Crippen LogP contribution in [0.5, 0.6) is 11.5 Å². The van der Waals surface area contributed by atoms with Gasteiger partial charge in [-0.25, -0.2) is 0 Å². The van der Waals surface area contributed by atoms with E-state index in [4.69, 9.17) is 27.9 Å². The Morgan fingerprint density at radius 3 is 2.28 bits per heavy atom. The first-order valence-electron chi connectivity index (χ1n) is 5.07. The van der Waals surface area contributed by atoms with Crippen LogP contribution in [0.1, 0.15) is 5.56 Å². The molecule has 18 heavy (non-hydrogen) atoms. The molecule has 0 spiro atoms. The Morgan fingerprint density at radius 1 is 0.944 bits per heavy atom. The Hall–Kier alpha value is -0.220. The zero-order valence-electron chi connectivity index (χ0n) is 9.09. The molecule has 0 aliphatic heterocycles. The van der Waals surface area contributed by atoms with Gasteiger partial charge >= 0.3 is 0 Å². The van der Waals surface area contributed by atoms with Crippen LogP contribution in [0.4, 0.5) is 0 Å². The monoisotopic (exact) mass is 408 g/mol. The minimum absolute atomic E-state index is 0.639. The summed E-state index contributed by atoms with van der Waals surface area (Å²) in [7, 11) is 0. The van der Waals surface area contributed by atoms with Gasteiger partial charge in [-0.15, -0.1) is 0 Å². The van der Waals surface area contributed by atoms with Gasteiger partial charge in [0.05, 0.1) is 4.47 Å². The van der Waals surface area contributed by atoms with Crippen molar-refractivity contribution in [2.45, 2.75) is 5.33 Å². The minimum atomic E-state index is 0.639. The molecule has 0 heterocycles. The summed E-state index contributed by atoms with van der Waals surface area (Å²) in [5.74, 6) is 1.42. The third-order valence-electron chi connectivity index (χ3n) is 2.29. The van der Waals surface area contributed by atoms with Crippen molar-refractivity contribution in [1.29, 1.82) is 0 Å². The average molecular weight is 411 g/mol. The lowest BCUT2D eigenvalue weighted by Gasteiger charge is -2.11. The zero-order chi connectivity index (χ0) is 13.1. The van der Waals surface area contributed by atoms with Gasteiger partial charge < -0.3 is 4.74 Å². The van der Waals surface area contributed by atoms with Crippen molar-refractivity contribution in [3.8, 4) is 11.5 Å². The minimum Gasteiger partial charge on any atom is -0.456 e. The van der Waals surface area contributed by atoms with E-state index in [0.717, 1.165) is 15.8 Å². The lowest BCUT2D eigenvalue weighted by molar-refractivity contribution is 0.475. The third kappa shape index (κ3) is 3.41. The summed E-state index contributed by atoms with van der Waals surface area (Å²) in [4.78, 5) is 0. The normalized spacial score (nSPS) is 10.4. The van der Waals surface area contributed by atoms with E-state index in [1.807, 2.05) is 18.2 Å². The average Bonchev–Trinajstić information content (AvgIpc) is 2.33. The van der Waals surface area contributed by atoms with Gasteiger partial charge in [-0.1, -0.05) is 45.2 Å². The summed E-state index contributed by atoms with van der Waals surface area (Å²) in [6.07, 6.45) is 0. The van der Waals surface area contributed by atoms with Crippen molar-refractivity contribution in [2.24, 2.45) is 0 Å². The molecule has 0 radical (unpaired) electrons. The van der Waals surface area contributed by atoms with Crippen molar-refractivity contribution in [3.05, 3.63) is 56.5 Å². The van der Waals surface area contributed by atoms with Crippen molar-refractivity contribution in [1.82, 2.24) is 0 Å². The lowest BCUT2D eigenvalue weighted by Crippen LogP contribution is -1.90. The topological polar surface area (TPSA) is 9.23 Å². The van der Waals surface area contributed by atoms with Gasteiger partial charge in [0, 0.05) is 20.9 Å². The van der Waals surface area contributed by atoms with Crippen LogP contribution >= 0.6 is 55.1 Å². The van der Waals surface area contributed by atoms with Gasteiger partial charge in [0.1, 0.15) is 11.5 Å². The number of hydrogen-bond donors (Lipinski definition) is 0. The predicted octanol–water partition coefficient (Wildman–Crippen LogP) is 6.44. The van der Waals surface area contributed by atoms with E-state index in [-0.39, 0.29) is 0 Å². The van der Waals surface area contributed by atoms with Crippen LogP contribution in [-0.2, 0) is 5.33 Å². The summed E-state index contributed by atoms with van der Waals surface area (Å²) in [5.41, 5.74) is 1.03. The van der Waals surface area contributed by atoms with Crippen LogP contribution in [0.2, 0.25) is 10.0 Å². The van der Waals surface area contributed by atoms with E-state index in [1.54, 1.807) is 18.2 Å². The Labute approximate surface area is 132 Å². The third-order valence-corrected chi connectivity index (χ3v) is 3.98. The van der Waals surface area contributed by atoms with Gasteiger partial charge in [-0.2, -0.15) is 0 Å². The number of hydrogen-bond acceptors (Lipinski definition) is 1. The largest absolute Gasteiger partial charge is 0.456 e. The summed E-state index contributed by atoms with van der Waals surface area (Å²) in [6, 6.07) is 10.9. The summed E-state index contributed by atoms with van der Waals surface area (Å²) >= 11 is 18.7. The quantitative estimate of drug-likeness (QED) is 0.529. The molecule has 2 rings (SSSR count). The van der Waals surface area contributed by atoms with Crippen molar-refractivity contribution >= 4 is 55.1 Å². The highest BCUT2D eigenvalue weighted by molar-refractivity contribution is 9.10. The molecule has 0 amide bonds. The molecule has 0 unspecified atom stereocenters. The van der Waals surface area contributed by atoms with Gasteiger partial charge in [-0.3, -0.25) is 0 Å². The van der Waals surface area contributed by atoms with Gasteiger partial charge in [0.25, 0.3) is 0 Å². The molecule has 0 saturated heterocycles. The fraction of sp³-hybridized carbons (Fsp3) is 0.0769. The Balaban J connectivity index is 2.36. The Kier molecular flexibility index (Phi) is 4.96. The van der Waals surface area contributed by atoms with E-state index in [9.17, 15) is 0 Å². The van der Waals surface area contributed by atoms with Crippen LogP contribution in [0.15, 0.2) is 40.9 Å². The maximum Gasteiger partial charge on any atom is 0.141 e. The van der Waals surface area contributed by atoms with Crippen molar-refractivity contribution in [2.75, 3.05) is 0 Å². The number of halogens is 4. The molecule has 0 aromatic heterocycles. The fourth-order valence-electron chi connectivity index (χ4n) is 1.41. The summed E-state index contributed by atoms with van der Waals surface area (Å²) < 4.78 is 6.65. The second-order valence-electron chi connectivity index (χ2n) is 3.56. The lowest BCUT2D eigenvalue weighted by atomic mass is 10.2. The van der Waals surface area contributed by atoms with Crippen LogP contribution in [-0.4, -0.2) is 0 Å². The molecular formula is C13H8Br2Cl2O. The van der Waals surface area contributed by atoms with Crippen molar-refractivity contribution in [3.63, 3.8) is 0 Å².